The van der Waals surface area contributed by atoms with Crippen molar-refractivity contribution in [3.63, 3.8) is 0 Å². The van der Waals surface area contributed by atoms with E-state index in [1.54, 1.807) is 0 Å². The standard InChI is InChI=1S/C10H18O/c1-3-5-6-7-8-9-10-11-4-2/h4-6H,2-3,7-10H2,1H3. The number of rotatable bonds is 7. The first-order valence-corrected chi connectivity index (χ1v) is 4.29. The topological polar surface area (TPSA) is 9.23 Å². The molecule has 0 aliphatic carbocycles. The normalized spacial score (nSPS) is 10.3. The first kappa shape index (κ1) is 10.3. The fraction of sp³-hybridized carbons (Fsp3) is 0.600. The summed E-state index contributed by atoms with van der Waals surface area (Å²) in [6.45, 7) is 6.43. The quantitative estimate of drug-likeness (QED) is 0.310. The van der Waals surface area contributed by atoms with Crippen molar-refractivity contribution in [1.82, 2.24) is 0 Å². The lowest BCUT2D eigenvalue weighted by Gasteiger charge is -1.97. The molecule has 0 aromatic heterocycles. The molecule has 0 unspecified atom stereocenters. The van der Waals surface area contributed by atoms with Crippen LogP contribution in [0.2, 0.25) is 0 Å². The molecule has 0 bridgehead atoms. The van der Waals surface area contributed by atoms with Gasteiger partial charge in [-0.15, -0.1) is 0 Å². The van der Waals surface area contributed by atoms with Crippen molar-refractivity contribution in [2.75, 3.05) is 6.61 Å². The van der Waals surface area contributed by atoms with E-state index in [2.05, 4.69) is 25.7 Å². The molecule has 0 amide bonds. The van der Waals surface area contributed by atoms with Gasteiger partial charge in [-0.3, -0.25) is 0 Å². The van der Waals surface area contributed by atoms with Crippen LogP contribution < -0.4 is 0 Å². The first-order chi connectivity index (χ1) is 5.41. The second-order valence-corrected chi connectivity index (χ2v) is 2.41. The summed E-state index contributed by atoms with van der Waals surface area (Å²) >= 11 is 0. The van der Waals surface area contributed by atoms with Crippen LogP contribution in [-0.2, 0) is 4.74 Å². The van der Waals surface area contributed by atoms with Crippen LogP contribution >= 0.6 is 0 Å². The van der Waals surface area contributed by atoms with E-state index in [0.717, 1.165) is 19.4 Å². The molecule has 0 aliphatic rings. The average Bonchev–Trinajstić information content (AvgIpc) is 2.03. The lowest BCUT2D eigenvalue weighted by molar-refractivity contribution is 0.243. The number of ether oxygens (including phenoxy) is 1. The van der Waals surface area contributed by atoms with Gasteiger partial charge in [-0.25, -0.2) is 0 Å². The Morgan fingerprint density at radius 3 is 2.73 bits per heavy atom. The summed E-state index contributed by atoms with van der Waals surface area (Å²) in [5.41, 5.74) is 0. The molecule has 0 N–H and O–H groups in total. The van der Waals surface area contributed by atoms with E-state index in [0.29, 0.717) is 0 Å². The zero-order valence-electron chi connectivity index (χ0n) is 7.38. The second kappa shape index (κ2) is 9.28. The highest BCUT2D eigenvalue weighted by Gasteiger charge is 1.83. The summed E-state index contributed by atoms with van der Waals surface area (Å²) in [5, 5.41) is 0. The third-order valence-corrected chi connectivity index (χ3v) is 1.40. The van der Waals surface area contributed by atoms with Crippen LogP contribution in [0.1, 0.15) is 32.6 Å². The zero-order valence-corrected chi connectivity index (χ0v) is 7.38. The summed E-state index contributed by atoms with van der Waals surface area (Å²) in [7, 11) is 0. The van der Waals surface area contributed by atoms with Gasteiger partial charge in [-0.05, 0) is 25.7 Å². The van der Waals surface area contributed by atoms with Crippen molar-refractivity contribution >= 4 is 0 Å². The maximum atomic E-state index is 4.98. The lowest BCUT2D eigenvalue weighted by Crippen LogP contribution is -1.85. The maximum Gasteiger partial charge on any atom is 0.0873 e. The molecule has 1 heteroatoms. The first-order valence-electron chi connectivity index (χ1n) is 4.29. The van der Waals surface area contributed by atoms with E-state index in [-0.39, 0.29) is 0 Å². The van der Waals surface area contributed by atoms with Gasteiger partial charge in [-0.2, -0.15) is 0 Å². The third-order valence-electron chi connectivity index (χ3n) is 1.40. The number of allylic oxidation sites excluding steroid dienone is 2. The van der Waals surface area contributed by atoms with Gasteiger partial charge in [-0.1, -0.05) is 25.7 Å². The van der Waals surface area contributed by atoms with Crippen molar-refractivity contribution in [2.45, 2.75) is 32.6 Å². The Morgan fingerprint density at radius 1 is 1.27 bits per heavy atom. The fourth-order valence-corrected chi connectivity index (χ4v) is 0.815. The van der Waals surface area contributed by atoms with Gasteiger partial charge in [0.25, 0.3) is 0 Å². The van der Waals surface area contributed by atoms with E-state index in [1.807, 2.05) is 0 Å². The van der Waals surface area contributed by atoms with Crippen LogP contribution in [0.3, 0.4) is 0 Å². The lowest BCUT2D eigenvalue weighted by atomic mass is 10.2. The molecule has 0 spiro atoms. The van der Waals surface area contributed by atoms with Crippen molar-refractivity contribution in [3.05, 3.63) is 25.0 Å². The Labute approximate surface area is 69.8 Å². The summed E-state index contributed by atoms with van der Waals surface area (Å²) in [4.78, 5) is 0. The number of hydrogen-bond donors (Lipinski definition) is 0. The van der Waals surface area contributed by atoms with Crippen molar-refractivity contribution in [3.8, 4) is 0 Å². The van der Waals surface area contributed by atoms with Gasteiger partial charge >= 0.3 is 0 Å². The average molecular weight is 154 g/mol. The van der Waals surface area contributed by atoms with Crippen molar-refractivity contribution in [2.24, 2.45) is 0 Å². The SMILES string of the molecule is C=COCCCCC=CCC. The molecule has 0 aromatic carbocycles. The summed E-state index contributed by atoms with van der Waals surface area (Å²) in [6, 6.07) is 0. The summed E-state index contributed by atoms with van der Waals surface area (Å²) in [5.74, 6) is 0. The highest BCUT2D eigenvalue weighted by Crippen LogP contribution is 1.97. The second-order valence-electron chi connectivity index (χ2n) is 2.41. The van der Waals surface area contributed by atoms with Crippen LogP contribution in [0.25, 0.3) is 0 Å². The molecule has 0 aliphatic heterocycles. The molecular formula is C10H18O. The predicted molar refractivity (Wildman–Crippen MR) is 49.4 cm³/mol. The van der Waals surface area contributed by atoms with Crippen molar-refractivity contribution in [1.29, 1.82) is 0 Å². The summed E-state index contributed by atoms with van der Waals surface area (Å²) < 4.78 is 4.98. The van der Waals surface area contributed by atoms with E-state index in [1.165, 1.54) is 19.1 Å². The van der Waals surface area contributed by atoms with Gasteiger partial charge in [0.05, 0.1) is 12.9 Å². The molecule has 0 saturated heterocycles. The van der Waals surface area contributed by atoms with Gasteiger partial charge in [0, 0.05) is 0 Å². The van der Waals surface area contributed by atoms with E-state index in [9.17, 15) is 0 Å². The highest BCUT2D eigenvalue weighted by molar-refractivity contribution is 4.79. The smallest absolute Gasteiger partial charge is 0.0873 e. The molecule has 11 heavy (non-hydrogen) atoms. The highest BCUT2D eigenvalue weighted by atomic mass is 16.5. The Kier molecular flexibility index (Phi) is 8.67. The van der Waals surface area contributed by atoms with Gasteiger partial charge in [0.15, 0.2) is 0 Å². The van der Waals surface area contributed by atoms with E-state index < -0.39 is 0 Å². The largest absolute Gasteiger partial charge is 0.502 e. The number of hydrogen-bond acceptors (Lipinski definition) is 1. The van der Waals surface area contributed by atoms with Crippen LogP contribution in [0.15, 0.2) is 25.0 Å². The van der Waals surface area contributed by atoms with Crippen LogP contribution in [-0.4, -0.2) is 6.61 Å². The third kappa shape index (κ3) is 9.28. The molecule has 0 rings (SSSR count). The maximum absolute atomic E-state index is 4.98. The Hall–Kier alpha value is -0.720. The molecule has 0 atom stereocenters. The molecule has 0 aromatic rings. The van der Waals surface area contributed by atoms with Crippen LogP contribution in [0, 0.1) is 0 Å². The van der Waals surface area contributed by atoms with E-state index >= 15 is 0 Å². The molecule has 0 radical (unpaired) electrons. The summed E-state index contributed by atoms with van der Waals surface area (Å²) in [6.07, 6.45) is 10.6. The Balaban J connectivity index is 2.90. The molecule has 1 nitrogen and oxygen atoms in total. The molecule has 64 valence electrons. The molecule has 0 fully saturated rings. The fourth-order valence-electron chi connectivity index (χ4n) is 0.815. The van der Waals surface area contributed by atoms with Crippen LogP contribution in [0.5, 0.6) is 0 Å². The van der Waals surface area contributed by atoms with Crippen molar-refractivity contribution < 1.29 is 4.74 Å². The predicted octanol–water partition coefficient (Wildman–Crippen LogP) is 3.28. The Bertz CT molecular complexity index is 105. The molecule has 0 saturated carbocycles. The van der Waals surface area contributed by atoms with Gasteiger partial charge < -0.3 is 4.74 Å². The minimum atomic E-state index is 0.809. The minimum absolute atomic E-state index is 0.809. The van der Waals surface area contributed by atoms with Gasteiger partial charge in [0.2, 0.25) is 0 Å². The van der Waals surface area contributed by atoms with Gasteiger partial charge in [0.1, 0.15) is 0 Å². The monoisotopic (exact) mass is 154 g/mol. The molecule has 0 heterocycles. The van der Waals surface area contributed by atoms with E-state index in [4.69, 9.17) is 4.74 Å². The Morgan fingerprint density at radius 2 is 2.09 bits per heavy atom. The zero-order chi connectivity index (χ0) is 8.36. The molecular weight excluding hydrogens is 136 g/mol. The van der Waals surface area contributed by atoms with Crippen LogP contribution in [0.4, 0.5) is 0 Å². The minimum Gasteiger partial charge on any atom is -0.502 e. The number of unbranched alkanes of at least 4 members (excludes halogenated alkanes) is 2.